The maximum absolute atomic E-state index is 12.7. The van der Waals surface area contributed by atoms with E-state index in [2.05, 4.69) is 5.32 Å². The highest BCUT2D eigenvalue weighted by atomic mass is 35.5. The van der Waals surface area contributed by atoms with Crippen LogP contribution in [0.15, 0.2) is 77.7 Å². The Bertz CT molecular complexity index is 1130. The molecule has 9 heteroatoms. The third-order valence-corrected chi connectivity index (χ3v) is 6.44. The number of anilines is 2. The summed E-state index contributed by atoms with van der Waals surface area (Å²) in [6, 6.07) is 19.1. The van der Waals surface area contributed by atoms with Crippen LogP contribution in [-0.2, 0) is 14.8 Å². The van der Waals surface area contributed by atoms with Crippen molar-refractivity contribution < 1.29 is 17.9 Å². The first-order chi connectivity index (χ1) is 14.3. The largest absolute Gasteiger partial charge is 0.484 e. The van der Waals surface area contributed by atoms with E-state index in [0.717, 1.165) is 4.31 Å². The van der Waals surface area contributed by atoms with Crippen LogP contribution in [0.2, 0.25) is 10.0 Å². The lowest BCUT2D eigenvalue weighted by Crippen LogP contribution is -2.26. The summed E-state index contributed by atoms with van der Waals surface area (Å²) in [5.41, 5.74) is 1.01. The zero-order valence-electron chi connectivity index (χ0n) is 15.9. The summed E-state index contributed by atoms with van der Waals surface area (Å²) in [5, 5.41) is 3.65. The van der Waals surface area contributed by atoms with Crippen molar-refractivity contribution in [2.24, 2.45) is 0 Å². The molecule has 1 N–H and O–H groups in total. The maximum Gasteiger partial charge on any atom is 0.264 e. The Kier molecular flexibility index (Phi) is 6.87. The zero-order chi connectivity index (χ0) is 21.7. The third-order valence-electron chi connectivity index (χ3n) is 4.15. The van der Waals surface area contributed by atoms with Crippen molar-refractivity contribution in [3.8, 4) is 5.75 Å². The van der Waals surface area contributed by atoms with Gasteiger partial charge >= 0.3 is 0 Å². The normalized spacial score (nSPS) is 11.0. The number of halogens is 2. The minimum atomic E-state index is -3.73. The summed E-state index contributed by atoms with van der Waals surface area (Å²) in [6.45, 7) is -0.204. The number of benzene rings is 3. The van der Waals surface area contributed by atoms with Gasteiger partial charge in [0, 0.05) is 22.8 Å². The highest BCUT2D eigenvalue weighted by Crippen LogP contribution is 2.25. The molecule has 0 spiro atoms. The number of nitrogens with one attached hydrogen (secondary N) is 1. The van der Waals surface area contributed by atoms with E-state index in [0.29, 0.717) is 27.2 Å². The van der Waals surface area contributed by atoms with Crippen molar-refractivity contribution in [2.75, 3.05) is 23.3 Å². The van der Waals surface area contributed by atoms with E-state index in [9.17, 15) is 13.2 Å². The van der Waals surface area contributed by atoms with Crippen molar-refractivity contribution in [1.29, 1.82) is 0 Å². The van der Waals surface area contributed by atoms with E-state index in [1.165, 1.54) is 31.3 Å². The summed E-state index contributed by atoms with van der Waals surface area (Å²) < 4.78 is 32.1. The fraction of sp³-hybridized carbons (Fsp3) is 0.0952. The molecule has 0 atom stereocenters. The molecular formula is C21H18Cl2N2O4S. The van der Waals surface area contributed by atoms with Gasteiger partial charge in [-0.15, -0.1) is 0 Å². The van der Waals surface area contributed by atoms with Crippen LogP contribution in [0.3, 0.4) is 0 Å². The number of sulfonamides is 1. The lowest BCUT2D eigenvalue weighted by atomic mass is 10.3. The zero-order valence-corrected chi connectivity index (χ0v) is 18.2. The molecule has 0 saturated carbocycles. The Hall–Kier alpha value is -2.74. The standard InChI is InChI=1S/C21H18Cl2N2O4S/c1-25(30(27,28)20-11-5-15(22)6-12-20)18-7-9-19(10-8-18)29-14-21(26)24-17-4-2-3-16(23)13-17/h2-13H,14H2,1H3,(H,24,26). The van der Waals surface area contributed by atoms with Crippen LogP contribution in [0.1, 0.15) is 0 Å². The van der Waals surface area contributed by atoms with Gasteiger partial charge in [-0.1, -0.05) is 29.3 Å². The van der Waals surface area contributed by atoms with Crippen LogP contribution in [0.4, 0.5) is 11.4 Å². The molecule has 0 saturated heterocycles. The lowest BCUT2D eigenvalue weighted by Gasteiger charge is -2.20. The number of nitrogens with zero attached hydrogens (tertiary/aromatic N) is 1. The highest BCUT2D eigenvalue weighted by molar-refractivity contribution is 7.92. The number of ether oxygens (including phenoxy) is 1. The van der Waals surface area contributed by atoms with Gasteiger partial charge in [0.25, 0.3) is 15.9 Å². The van der Waals surface area contributed by atoms with Gasteiger partial charge in [-0.3, -0.25) is 9.10 Å². The van der Waals surface area contributed by atoms with Crippen LogP contribution in [-0.4, -0.2) is 28.0 Å². The minimum Gasteiger partial charge on any atom is -0.484 e. The predicted molar refractivity (Wildman–Crippen MR) is 119 cm³/mol. The minimum absolute atomic E-state index is 0.132. The van der Waals surface area contributed by atoms with Gasteiger partial charge in [-0.2, -0.15) is 0 Å². The quantitative estimate of drug-likeness (QED) is 0.542. The number of amides is 1. The molecule has 6 nitrogen and oxygen atoms in total. The van der Waals surface area contributed by atoms with E-state index >= 15 is 0 Å². The van der Waals surface area contributed by atoms with Gasteiger partial charge in [-0.05, 0) is 66.7 Å². The molecule has 0 fully saturated rings. The Morgan fingerprint density at radius 1 is 0.967 bits per heavy atom. The van der Waals surface area contributed by atoms with Crippen molar-refractivity contribution >= 4 is 50.5 Å². The highest BCUT2D eigenvalue weighted by Gasteiger charge is 2.21. The number of hydrogen-bond acceptors (Lipinski definition) is 4. The van der Waals surface area contributed by atoms with Crippen molar-refractivity contribution in [1.82, 2.24) is 0 Å². The molecule has 1 amide bonds. The number of hydrogen-bond donors (Lipinski definition) is 1. The van der Waals surface area contributed by atoms with Crippen LogP contribution in [0.5, 0.6) is 5.75 Å². The SMILES string of the molecule is CN(c1ccc(OCC(=O)Nc2cccc(Cl)c2)cc1)S(=O)(=O)c1ccc(Cl)cc1. The first kappa shape index (κ1) is 22.0. The van der Waals surface area contributed by atoms with Gasteiger partial charge in [0.05, 0.1) is 10.6 Å². The average Bonchev–Trinajstić information content (AvgIpc) is 2.72. The molecule has 0 aliphatic rings. The van der Waals surface area contributed by atoms with Gasteiger partial charge < -0.3 is 10.1 Å². The Labute approximate surface area is 185 Å². The molecule has 0 bridgehead atoms. The molecule has 0 heterocycles. The second kappa shape index (κ2) is 9.38. The Morgan fingerprint density at radius 3 is 2.27 bits per heavy atom. The second-order valence-electron chi connectivity index (χ2n) is 6.27. The third kappa shape index (κ3) is 5.44. The van der Waals surface area contributed by atoms with Gasteiger partial charge in [0.1, 0.15) is 5.75 Å². The summed E-state index contributed by atoms with van der Waals surface area (Å²) in [4.78, 5) is 12.1. The summed E-state index contributed by atoms with van der Waals surface area (Å²) in [5.74, 6) is 0.0843. The summed E-state index contributed by atoms with van der Waals surface area (Å²) in [6.07, 6.45) is 0. The van der Waals surface area contributed by atoms with E-state index < -0.39 is 10.0 Å². The molecule has 0 radical (unpaired) electrons. The molecule has 30 heavy (non-hydrogen) atoms. The lowest BCUT2D eigenvalue weighted by molar-refractivity contribution is -0.118. The fourth-order valence-electron chi connectivity index (χ4n) is 2.57. The summed E-state index contributed by atoms with van der Waals surface area (Å²) in [7, 11) is -2.27. The van der Waals surface area contributed by atoms with Crippen molar-refractivity contribution in [3.63, 3.8) is 0 Å². The van der Waals surface area contributed by atoms with Gasteiger partial charge in [0.2, 0.25) is 0 Å². The molecule has 3 aromatic rings. The monoisotopic (exact) mass is 464 g/mol. The molecular weight excluding hydrogens is 447 g/mol. The topological polar surface area (TPSA) is 75.7 Å². The maximum atomic E-state index is 12.7. The molecule has 156 valence electrons. The molecule has 0 aliphatic carbocycles. The van der Waals surface area contributed by atoms with Gasteiger partial charge in [-0.25, -0.2) is 8.42 Å². The van der Waals surface area contributed by atoms with Crippen molar-refractivity contribution in [2.45, 2.75) is 4.90 Å². The van der Waals surface area contributed by atoms with E-state index in [4.69, 9.17) is 27.9 Å². The fourth-order valence-corrected chi connectivity index (χ4v) is 4.08. The number of carbonyl (C=O) groups is 1. The number of carbonyl (C=O) groups excluding carboxylic acids is 1. The average molecular weight is 465 g/mol. The Morgan fingerprint density at radius 2 is 1.63 bits per heavy atom. The van der Waals surface area contributed by atoms with Gasteiger partial charge in [0.15, 0.2) is 6.61 Å². The molecule has 0 unspecified atom stereocenters. The molecule has 3 rings (SSSR count). The number of rotatable bonds is 7. The summed E-state index contributed by atoms with van der Waals surface area (Å²) >= 11 is 11.7. The molecule has 0 aliphatic heterocycles. The van der Waals surface area contributed by atoms with E-state index in [1.807, 2.05) is 0 Å². The van der Waals surface area contributed by atoms with Crippen molar-refractivity contribution in [3.05, 3.63) is 82.8 Å². The van der Waals surface area contributed by atoms with Crippen LogP contribution in [0, 0.1) is 0 Å². The van der Waals surface area contributed by atoms with E-state index in [1.54, 1.807) is 48.5 Å². The smallest absolute Gasteiger partial charge is 0.264 e. The van der Waals surface area contributed by atoms with Crippen LogP contribution in [0.25, 0.3) is 0 Å². The van der Waals surface area contributed by atoms with E-state index in [-0.39, 0.29) is 17.4 Å². The first-order valence-corrected chi connectivity index (χ1v) is 11.0. The Balaban J connectivity index is 1.61. The predicted octanol–water partition coefficient (Wildman–Crippen LogP) is 4.84. The second-order valence-corrected chi connectivity index (χ2v) is 9.11. The van der Waals surface area contributed by atoms with Crippen LogP contribution < -0.4 is 14.4 Å². The van der Waals surface area contributed by atoms with Crippen LogP contribution >= 0.6 is 23.2 Å². The first-order valence-electron chi connectivity index (χ1n) is 8.78. The molecule has 3 aromatic carbocycles. The molecule has 0 aromatic heterocycles.